The minimum absolute atomic E-state index is 0.0806. The molecule has 1 N–H and O–H groups in total. The second-order valence-corrected chi connectivity index (χ2v) is 7.62. The summed E-state index contributed by atoms with van der Waals surface area (Å²) in [7, 11) is 0. The van der Waals surface area contributed by atoms with Crippen molar-refractivity contribution in [3.63, 3.8) is 0 Å². The normalized spacial score (nSPS) is 11.2. The number of amides is 1. The number of furan rings is 1. The molecule has 9 heteroatoms. The Bertz CT molecular complexity index is 1380. The molecule has 0 aliphatic carbocycles. The van der Waals surface area contributed by atoms with Gasteiger partial charge < -0.3 is 19.2 Å². The summed E-state index contributed by atoms with van der Waals surface area (Å²) >= 11 is 5.87. The molecule has 0 unspecified atom stereocenters. The van der Waals surface area contributed by atoms with E-state index in [1.54, 1.807) is 49.4 Å². The number of rotatable bonds is 9. The van der Waals surface area contributed by atoms with Crippen molar-refractivity contribution in [2.75, 3.05) is 6.61 Å². The van der Waals surface area contributed by atoms with Gasteiger partial charge in [0.1, 0.15) is 29.0 Å². The van der Waals surface area contributed by atoms with Crippen molar-refractivity contribution >= 4 is 35.6 Å². The maximum Gasteiger partial charge on any atom is 0.354 e. The van der Waals surface area contributed by atoms with E-state index in [1.165, 1.54) is 30.5 Å². The van der Waals surface area contributed by atoms with Crippen LogP contribution in [0, 0.1) is 22.7 Å². The van der Waals surface area contributed by atoms with Crippen LogP contribution in [0.1, 0.15) is 23.8 Å². The fourth-order valence-electron chi connectivity index (χ4n) is 2.98. The minimum atomic E-state index is -0.869. The second kappa shape index (κ2) is 12.6. The van der Waals surface area contributed by atoms with Crippen LogP contribution < -0.4 is 14.8 Å². The van der Waals surface area contributed by atoms with Crippen LogP contribution in [0.5, 0.6) is 11.5 Å². The molecule has 0 spiro atoms. The van der Waals surface area contributed by atoms with Crippen molar-refractivity contribution < 1.29 is 23.5 Å². The maximum absolute atomic E-state index is 12.6. The van der Waals surface area contributed by atoms with Gasteiger partial charge in [0, 0.05) is 5.02 Å². The first-order valence-electron chi connectivity index (χ1n) is 10.7. The van der Waals surface area contributed by atoms with E-state index in [1.807, 2.05) is 12.1 Å². The molecule has 0 saturated carbocycles. The van der Waals surface area contributed by atoms with Crippen molar-refractivity contribution in [1.82, 2.24) is 5.32 Å². The predicted molar refractivity (Wildman–Crippen MR) is 132 cm³/mol. The van der Waals surface area contributed by atoms with Crippen molar-refractivity contribution in [3.05, 3.63) is 93.9 Å². The Kier molecular flexibility index (Phi) is 9.05. The van der Waals surface area contributed by atoms with Crippen LogP contribution in [0.2, 0.25) is 5.02 Å². The molecule has 1 amide bonds. The summed E-state index contributed by atoms with van der Waals surface area (Å²) in [6.07, 6.45) is 4.25. The van der Waals surface area contributed by atoms with Gasteiger partial charge in [-0.2, -0.15) is 10.5 Å². The molecule has 8 nitrogen and oxygen atoms in total. The molecular weight excluding hydrogens is 482 g/mol. The molecule has 0 fully saturated rings. The zero-order valence-corrected chi connectivity index (χ0v) is 19.9. The summed E-state index contributed by atoms with van der Waals surface area (Å²) < 4.78 is 16.1. The van der Waals surface area contributed by atoms with Crippen LogP contribution in [-0.4, -0.2) is 18.5 Å². The highest BCUT2D eigenvalue weighted by Gasteiger charge is 2.17. The fourth-order valence-corrected chi connectivity index (χ4v) is 3.10. The number of esters is 1. The summed E-state index contributed by atoms with van der Waals surface area (Å²) in [6, 6.07) is 18.2. The van der Waals surface area contributed by atoms with Gasteiger partial charge in [-0.25, -0.2) is 4.79 Å². The van der Waals surface area contributed by atoms with E-state index in [9.17, 15) is 20.1 Å². The molecule has 0 aliphatic heterocycles. The molecule has 36 heavy (non-hydrogen) atoms. The van der Waals surface area contributed by atoms with Gasteiger partial charge in [0.05, 0.1) is 19.4 Å². The molecule has 3 aromatic rings. The van der Waals surface area contributed by atoms with E-state index in [0.717, 1.165) is 0 Å². The highest BCUT2D eigenvalue weighted by molar-refractivity contribution is 6.30. The highest BCUT2D eigenvalue weighted by Crippen LogP contribution is 2.30. The standard InChI is InChI=1S/C27H20ClN3O5/c1-2-34-25-14-19(13-20(15-29)26(32)31-17-23-4-3-11-35-23)7-10-24(25)36-27(33)21(16-30)12-18-5-8-22(28)9-6-18/h3-14H,2,17H2,1H3,(H,31,32)/b20-13+,21-12+. The van der Waals surface area contributed by atoms with Gasteiger partial charge in [-0.3, -0.25) is 4.79 Å². The number of halogens is 1. The number of hydrogen-bond donors (Lipinski definition) is 1. The quantitative estimate of drug-likeness (QED) is 0.188. The minimum Gasteiger partial charge on any atom is -0.490 e. The number of ether oxygens (including phenoxy) is 2. The molecule has 0 saturated heterocycles. The lowest BCUT2D eigenvalue weighted by Crippen LogP contribution is -2.23. The van der Waals surface area contributed by atoms with E-state index < -0.39 is 11.9 Å². The summed E-state index contributed by atoms with van der Waals surface area (Å²) in [4.78, 5) is 25.0. The van der Waals surface area contributed by atoms with Gasteiger partial charge >= 0.3 is 5.97 Å². The van der Waals surface area contributed by atoms with E-state index in [-0.39, 0.29) is 35.8 Å². The molecular formula is C27H20ClN3O5. The number of carbonyl (C=O) groups is 2. The predicted octanol–water partition coefficient (Wildman–Crippen LogP) is 5.07. The Hall–Kier alpha value is -4.79. The third kappa shape index (κ3) is 7.10. The number of carbonyl (C=O) groups excluding carboxylic acids is 2. The van der Waals surface area contributed by atoms with Crippen LogP contribution in [0.25, 0.3) is 12.2 Å². The third-order valence-corrected chi connectivity index (χ3v) is 4.92. The largest absolute Gasteiger partial charge is 0.490 e. The lowest BCUT2D eigenvalue weighted by atomic mass is 10.1. The molecule has 1 aromatic heterocycles. The van der Waals surface area contributed by atoms with Gasteiger partial charge in [-0.1, -0.05) is 29.8 Å². The molecule has 1 heterocycles. The SMILES string of the molecule is CCOc1cc(/C=C(\C#N)C(=O)NCc2ccco2)ccc1OC(=O)/C(C#N)=C/c1ccc(Cl)cc1. The van der Waals surface area contributed by atoms with E-state index in [4.69, 9.17) is 25.5 Å². The summed E-state index contributed by atoms with van der Waals surface area (Å²) in [5.74, 6) is -0.610. The first-order chi connectivity index (χ1) is 17.4. The fraction of sp³-hybridized carbons (Fsp3) is 0.111. The molecule has 0 atom stereocenters. The third-order valence-electron chi connectivity index (χ3n) is 4.67. The van der Waals surface area contributed by atoms with Gasteiger partial charge in [0.25, 0.3) is 5.91 Å². The molecule has 3 rings (SSSR count). The Morgan fingerprint density at radius 1 is 1.00 bits per heavy atom. The Morgan fingerprint density at radius 2 is 1.69 bits per heavy atom. The van der Waals surface area contributed by atoms with E-state index in [2.05, 4.69) is 5.32 Å². The summed E-state index contributed by atoms with van der Waals surface area (Å²) in [5, 5.41) is 22.0. The van der Waals surface area contributed by atoms with Crippen LogP contribution in [0.3, 0.4) is 0 Å². The molecule has 0 bridgehead atoms. The first kappa shape index (κ1) is 25.8. The highest BCUT2D eigenvalue weighted by atomic mass is 35.5. The summed E-state index contributed by atoms with van der Waals surface area (Å²) in [6.45, 7) is 2.14. The topological polar surface area (TPSA) is 125 Å². The summed E-state index contributed by atoms with van der Waals surface area (Å²) in [5.41, 5.74) is 0.725. The van der Waals surface area contributed by atoms with Gasteiger partial charge in [-0.15, -0.1) is 0 Å². The van der Waals surface area contributed by atoms with Gasteiger partial charge in [0.2, 0.25) is 0 Å². The van der Waals surface area contributed by atoms with Crippen LogP contribution in [-0.2, 0) is 16.1 Å². The number of benzene rings is 2. The molecule has 0 radical (unpaired) electrons. The second-order valence-electron chi connectivity index (χ2n) is 7.18. The smallest absolute Gasteiger partial charge is 0.354 e. The monoisotopic (exact) mass is 501 g/mol. The van der Waals surface area contributed by atoms with Crippen molar-refractivity contribution in [2.45, 2.75) is 13.5 Å². The lowest BCUT2D eigenvalue weighted by molar-refractivity contribution is -0.129. The van der Waals surface area contributed by atoms with Crippen molar-refractivity contribution in [2.24, 2.45) is 0 Å². The Morgan fingerprint density at radius 3 is 2.33 bits per heavy atom. The van der Waals surface area contributed by atoms with Gasteiger partial charge in [-0.05, 0) is 66.6 Å². The average Bonchev–Trinajstić information content (AvgIpc) is 3.40. The maximum atomic E-state index is 12.6. The zero-order chi connectivity index (χ0) is 25.9. The number of nitrogens with one attached hydrogen (secondary N) is 1. The lowest BCUT2D eigenvalue weighted by Gasteiger charge is -2.11. The van der Waals surface area contributed by atoms with E-state index >= 15 is 0 Å². The first-order valence-corrected chi connectivity index (χ1v) is 11.1. The number of nitrogens with zero attached hydrogens (tertiary/aromatic N) is 2. The Balaban J connectivity index is 1.79. The van der Waals surface area contributed by atoms with Crippen LogP contribution in [0.15, 0.2) is 76.4 Å². The zero-order valence-electron chi connectivity index (χ0n) is 19.2. The Labute approximate surface area is 212 Å². The molecule has 0 aliphatic rings. The molecule has 2 aromatic carbocycles. The number of hydrogen-bond acceptors (Lipinski definition) is 7. The van der Waals surface area contributed by atoms with Crippen LogP contribution in [0.4, 0.5) is 0 Å². The number of nitriles is 2. The van der Waals surface area contributed by atoms with Crippen molar-refractivity contribution in [1.29, 1.82) is 10.5 Å². The van der Waals surface area contributed by atoms with E-state index in [0.29, 0.717) is 21.9 Å². The molecule has 180 valence electrons. The van der Waals surface area contributed by atoms with Crippen LogP contribution >= 0.6 is 11.6 Å². The average molecular weight is 502 g/mol. The van der Waals surface area contributed by atoms with Crippen molar-refractivity contribution in [3.8, 4) is 23.6 Å². The van der Waals surface area contributed by atoms with Gasteiger partial charge in [0.15, 0.2) is 11.5 Å².